The Hall–Kier alpha value is -4.43. The van der Waals surface area contributed by atoms with E-state index in [0.29, 0.717) is 0 Å². The summed E-state index contributed by atoms with van der Waals surface area (Å²) in [4.78, 5) is 8.99. The topological polar surface area (TPSA) is 33.5 Å². The van der Waals surface area contributed by atoms with Gasteiger partial charge in [0, 0.05) is 6.20 Å². The molecule has 6 heteroatoms. The number of para-hydroxylation sites is 3. The molecule has 4 aromatic carbocycles. The van der Waals surface area contributed by atoms with Gasteiger partial charge in [0.15, 0.2) is 0 Å². The molecule has 0 fully saturated rings. The zero-order valence-electron chi connectivity index (χ0n) is 20.5. The maximum absolute atomic E-state index is 6.45. The van der Waals surface area contributed by atoms with Gasteiger partial charge in [-0.2, -0.15) is 0 Å². The molecule has 6 aromatic rings. The molecule has 0 N–H and O–H groups in total. The first-order chi connectivity index (χ1) is 18.7. The molecule has 186 valence electrons. The van der Waals surface area contributed by atoms with Crippen molar-refractivity contribution in [2.24, 2.45) is 0 Å². The summed E-state index contributed by atoms with van der Waals surface area (Å²) in [6, 6.07) is 37.2. The molecule has 0 unspecified atom stereocenters. The number of anilines is 3. The van der Waals surface area contributed by atoms with E-state index in [1.165, 1.54) is 5.39 Å². The Morgan fingerprint density at radius 3 is 2.32 bits per heavy atom. The molecule has 5 nitrogen and oxygen atoms in total. The quantitative estimate of drug-likeness (QED) is 0.196. The molecule has 0 radical (unpaired) electrons. The van der Waals surface area contributed by atoms with E-state index in [1.54, 1.807) is 0 Å². The number of hydrogen-bond acceptors (Lipinski definition) is 4. The Morgan fingerprint density at radius 2 is 1.47 bits per heavy atom. The van der Waals surface area contributed by atoms with E-state index in [1.807, 2.05) is 42.6 Å². The van der Waals surface area contributed by atoms with Crippen LogP contribution >= 0.6 is 0 Å². The van der Waals surface area contributed by atoms with E-state index >= 15 is 0 Å². The van der Waals surface area contributed by atoms with Crippen LogP contribution in [0.2, 0.25) is 0 Å². The summed E-state index contributed by atoms with van der Waals surface area (Å²) < 4.78 is 12.0. The molecule has 0 saturated carbocycles. The molecule has 0 atom stereocenters. The van der Waals surface area contributed by atoms with Crippen molar-refractivity contribution in [3.05, 3.63) is 121 Å². The van der Waals surface area contributed by atoms with Crippen LogP contribution in [-0.2, 0) is 19.4 Å². The summed E-state index contributed by atoms with van der Waals surface area (Å²) in [5.41, 5.74) is 5.45. The fraction of sp³-hybridized carbons (Fsp3) is 0.0312. The van der Waals surface area contributed by atoms with Crippen molar-refractivity contribution in [1.29, 1.82) is 0 Å². The Morgan fingerprint density at radius 1 is 0.711 bits per heavy atom. The summed E-state index contributed by atoms with van der Waals surface area (Å²) >= 11 is 2.17. The number of pyridine rings is 1. The van der Waals surface area contributed by atoms with Crippen LogP contribution in [0.1, 0.15) is 0 Å². The Kier molecular flexibility index (Phi) is 5.47. The van der Waals surface area contributed by atoms with Crippen molar-refractivity contribution in [3.63, 3.8) is 0 Å². The zero-order chi connectivity index (χ0) is 25.6. The molecule has 7 rings (SSSR count). The van der Waals surface area contributed by atoms with Crippen molar-refractivity contribution in [2.45, 2.75) is 0 Å². The summed E-state index contributed by atoms with van der Waals surface area (Å²) in [7, 11) is 2.07. The van der Waals surface area contributed by atoms with E-state index in [4.69, 9.17) is 4.74 Å². The molecule has 0 spiro atoms. The molecule has 1 aliphatic rings. The first kappa shape index (κ1) is 22.7. The van der Waals surface area contributed by atoms with Crippen molar-refractivity contribution >= 4 is 42.9 Å². The van der Waals surface area contributed by atoms with Gasteiger partial charge in [-0.1, -0.05) is 24.3 Å². The Labute approximate surface area is 231 Å². The van der Waals surface area contributed by atoms with Gasteiger partial charge in [-0.15, -0.1) is 0 Å². The van der Waals surface area contributed by atoms with Gasteiger partial charge in [-0.25, -0.2) is 4.98 Å². The average Bonchev–Trinajstić information content (AvgIpc) is 3.45. The van der Waals surface area contributed by atoms with Gasteiger partial charge in [-0.3, -0.25) is 0 Å². The summed E-state index contributed by atoms with van der Waals surface area (Å²) in [5, 5.41) is 2.35. The van der Waals surface area contributed by atoms with Crippen molar-refractivity contribution in [3.8, 4) is 17.3 Å². The molecule has 0 amide bonds. The SMILES string of the molecule is CN1C(=[C]=[Pt])N(c2cccc(Oc3ccc4c5ccccc5n(-c5ccccn5)c4c3)c2)c2ccccc21. The van der Waals surface area contributed by atoms with Gasteiger partial charge < -0.3 is 0 Å². The van der Waals surface area contributed by atoms with Crippen molar-refractivity contribution < 1.29 is 24.1 Å². The molecular weight excluding hydrogens is 651 g/mol. The minimum absolute atomic E-state index is 0.766. The van der Waals surface area contributed by atoms with E-state index in [-0.39, 0.29) is 0 Å². The predicted octanol–water partition coefficient (Wildman–Crippen LogP) is 7.35. The van der Waals surface area contributed by atoms with E-state index in [0.717, 1.165) is 56.6 Å². The molecule has 2 aromatic heterocycles. The fourth-order valence-corrected chi connectivity index (χ4v) is 5.87. The van der Waals surface area contributed by atoms with Crippen LogP contribution in [0.5, 0.6) is 11.5 Å². The molecule has 0 saturated heterocycles. The van der Waals surface area contributed by atoms with Crippen molar-refractivity contribution in [1.82, 2.24) is 9.55 Å². The molecule has 0 bridgehead atoms. The third-order valence-corrected chi connectivity index (χ3v) is 7.43. The van der Waals surface area contributed by atoms with Gasteiger partial charge in [0.2, 0.25) is 0 Å². The predicted molar refractivity (Wildman–Crippen MR) is 151 cm³/mol. The van der Waals surface area contributed by atoms with Gasteiger partial charge in [-0.05, 0) is 18.2 Å². The molecule has 38 heavy (non-hydrogen) atoms. The van der Waals surface area contributed by atoms with Crippen LogP contribution in [0.15, 0.2) is 121 Å². The standard InChI is InChI=1S/C32H22N4O.Pt/c1-22-34(2)29-14-5-6-15-30(29)35(22)23-10-9-11-24(20-23)37-25-17-18-27-26-12-3-4-13-28(26)36(31(27)21-25)32-16-7-8-19-33-32;/h3-21H,2H3;. The third-order valence-electron chi connectivity index (χ3n) is 6.92. The van der Waals surface area contributed by atoms with Gasteiger partial charge in [0.1, 0.15) is 0 Å². The molecular formula is C32H22N4OPt. The second-order valence-corrected chi connectivity index (χ2v) is 9.67. The van der Waals surface area contributed by atoms with E-state index in [2.05, 4.69) is 123 Å². The fourth-order valence-electron chi connectivity index (χ4n) is 5.23. The van der Waals surface area contributed by atoms with Crippen LogP contribution in [0.3, 0.4) is 0 Å². The second kappa shape index (κ2) is 9.15. The van der Waals surface area contributed by atoms with Crippen molar-refractivity contribution in [2.75, 3.05) is 16.8 Å². The number of aromatic nitrogens is 2. The average molecular weight is 674 g/mol. The molecule has 1 aliphatic heterocycles. The first-order valence-corrected chi connectivity index (χ1v) is 13.4. The van der Waals surface area contributed by atoms with E-state index in [9.17, 15) is 0 Å². The van der Waals surface area contributed by atoms with Crippen LogP contribution < -0.4 is 14.5 Å². The minimum atomic E-state index is 0.766. The Bertz CT molecular complexity index is 1890. The summed E-state index contributed by atoms with van der Waals surface area (Å²) in [6.07, 6.45) is 1.83. The number of rotatable bonds is 4. The number of nitrogens with zero attached hydrogens (tertiary/aromatic N) is 4. The summed E-state index contributed by atoms with van der Waals surface area (Å²) in [5.74, 6) is 3.39. The van der Waals surface area contributed by atoms with Gasteiger partial charge in [0.25, 0.3) is 0 Å². The normalized spacial score (nSPS) is 12.8. The maximum atomic E-state index is 6.45. The monoisotopic (exact) mass is 673 g/mol. The Balaban J connectivity index is 1.31. The third kappa shape index (κ3) is 3.60. The number of fused-ring (bicyclic) bond motifs is 4. The van der Waals surface area contributed by atoms with E-state index < -0.39 is 0 Å². The van der Waals surface area contributed by atoms with Crippen LogP contribution in [0, 0.1) is 0 Å². The zero-order valence-corrected chi connectivity index (χ0v) is 22.8. The van der Waals surface area contributed by atoms with Crippen LogP contribution in [0.4, 0.5) is 17.1 Å². The number of ether oxygens (including phenoxy) is 1. The second-order valence-electron chi connectivity index (χ2n) is 9.10. The summed E-state index contributed by atoms with van der Waals surface area (Å²) in [6.45, 7) is 0. The molecule has 0 aliphatic carbocycles. The first-order valence-electron chi connectivity index (χ1n) is 12.3. The number of benzene rings is 4. The van der Waals surface area contributed by atoms with Crippen LogP contribution in [-0.4, -0.2) is 20.7 Å². The van der Waals surface area contributed by atoms with Gasteiger partial charge >= 0.3 is 178 Å². The molecule has 3 heterocycles. The van der Waals surface area contributed by atoms with Crippen LogP contribution in [0.25, 0.3) is 27.6 Å². The van der Waals surface area contributed by atoms with Gasteiger partial charge in [0.05, 0.1) is 0 Å². The number of hydrogen-bond donors (Lipinski definition) is 0.